The molecule has 0 aliphatic rings. The van der Waals surface area contributed by atoms with Crippen LogP contribution in [0.2, 0.25) is 0 Å². The van der Waals surface area contributed by atoms with Gasteiger partial charge >= 0.3 is 0 Å². The van der Waals surface area contributed by atoms with Gasteiger partial charge in [-0.1, -0.05) is 18.2 Å². The number of thioether (sulfide) groups is 1. The van der Waals surface area contributed by atoms with Crippen molar-refractivity contribution in [3.8, 4) is 11.4 Å². The molecule has 1 aromatic heterocycles. The summed E-state index contributed by atoms with van der Waals surface area (Å²) in [5.41, 5.74) is 3.80. The number of methoxy groups -OCH3 is 1. The van der Waals surface area contributed by atoms with E-state index in [-0.39, 0.29) is 0 Å². The van der Waals surface area contributed by atoms with Gasteiger partial charge in [0.25, 0.3) is 0 Å². The van der Waals surface area contributed by atoms with Gasteiger partial charge in [-0.25, -0.2) is 0 Å². The highest BCUT2D eigenvalue weighted by atomic mass is 32.2. The van der Waals surface area contributed by atoms with Crippen molar-refractivity contribution >= 4 is 11.8 Å². The molecule has 3 heteroatoms. The van der Waals surface area contributed by atoms with E-state index in [2.05, 4.69) is 49.1 Å². The summed E-state index contributed by atoms with van der Waals surface area (Å²) in [5.74, 6) is 0.931. The first-order valence-electron chi connectivity index (χ1n) is 5.55. The zero-order chi connectivity index (χ0) is 12.4. The minimum absolute atomic E-state index is 0.931. The van der Waals surface area contributed by atoms with Gasteiger partial charge in [0, 0.05) is 6.20 Å². The van der Waals surface area contributed by atoms with E-state index in [1.165, 1.54) is 16.8 Å². The van der Waals surface area contributed by atoms with Crippen LogP contribution in [0.1, 0.15) is 11.1 Å². The molecule has 0 aliphatic carbocycles. The number of para-hydroxylation sites is 1. The first-order valence-corrected chi connectivity index (χ1v) is 6.77. The maximum Gasteiger partial charge on any atom is 0.150 e. The molecule has 2 nitrogen and oxygen atoms in total. The van der Waals surface area contributed by atoms with Crippen LogP contribution in [0.4, 0.5) is 0 Å². The molecule has 0 bridgehead atoms. The zero-order valence-corrected chi connectivity index (χ0v) is 11.5. The standard InChI is InChI=1S/C14H17NOS/c1-10-6-5-7-11(2)13(10)15-9-8-12(16-3)14(15)17-4/h5-9H,1-4H3. The summed E-state index contributed by atoms with van der Waals surface area (Å²) in [6.07, 6.45) is 4.14. The van der Waals surface area contributed by atoms with E-state index in [1.807, 2.05) is 6.07 Å². The SMILES string of the molecule is COc1ccn(-c2c(C)cccc2C)c1SC. The van der Waals surface area contributed by atoms with Crippen LogP contribution >= 0.6 is 11.8 Å². The summed E-state index contributed by atoms with van der Waals surface area (Å²) in [6.45, 7) is 4.28. The highest BCUT2D eigenvalue weighted by molar-refractivity contribution is 7.98. The van der Waals surface area contributed by atoms with Crippen molar-refractivity contribution in [1.29, 1.82) is 0 Å². The highest BCUT2D eigenvalue weighted by Gasteiger charge is 2.12. The van der Waals surface area contributed by atoms with Crippen LogP contribution in [0.5, 0.6) is 5.75 Å². The van der Waals surface area contributed by atoms with Crippen LogP contribution in [0.25, 0.3) is 5.69 Å². The van der Waals surface area contributed by atoms with Crippen LogP contribution in [-0.2, 0) is 0 Å². The van der Waals surface area contributed by atoms with Gasteiger partial charge in [-0.3, -0.25) is 0 Å². The maximum absolute atomic E-state index is 5.38. The molecule has 90 valence electrons. The molecule has 0 fully saturated rings. The second-order valence-corrected chi connectivity index (χ2v) is 4.80. The van der Waals surface area contributed by atoms with E-state index in [1.54, 1.807) is 18.9 Å². The van der Waals surface area contributed by atoms with Crippen molar-refractivity contribution in [3.05, 3.63) is 41.6 Å². The predicted octanol–water partition coefficient (Wildman–Crippen LogP) is 3.82. The van der Waals surface area contributed by atoms with Crippen molar-refractivity contribution in [2.45, 2.75) is 18.9 Å². The molecule has 1 aromatic carbocycles. The van der Waals surface area contributed by atoms with E-state index >= 15 is 0 Å². The van der Waals surface area contributed by atoms with Gasteiger partial charge in [-0.05, 0) is 37.3 Å². The summed E-state index contributed by atoms with van der Waals surface area (Å²) in [6, 6.07) is 8.38. The Balaban J connectivity index is 2.64. The van der Waals surface area contributed by atoms with Gasteiger partial charge in [0.15, 0.2) is 5.75 Å². The van der Waals surface area contributed by atoms with E-state index in [0.29, 0.717) is 0 Å². The Morgan fingerprint density at radius 1 is 1.12 bits per heavy atom. The van der Waals surface area contributed by atoms with Crippen molar-refractivity contribution in [3.63, 3.8) is 0 Å². The van der Waals surface area contributed by atoms with Gasteiger partial charge in [0.2, 0.25) is 0 Å². The molecule has 2 rings (SSSR count). The highest BCUT2D eigenvalue weighted by Crippen LogP contribution is 2.33. The van der Waals surface area contributed by atoms with E-state index < -0.39 is 0 Å². The lowest BCUT2D eigenvalue weighted by Crippen LogP contribution is -2.00. The molecule has 2 aromatic rings. The summed E-state index contributed by atoms with van der Waals surface area (Å²) >= 11 is 1.70. The third-order valence-electron chi connectivity index (χ3n) is 2.90. The Bertz CT molecular complexity index is 511. The normalized spacial score (nSPS) is 10.6. The number of hydrogen-bond acceptors (Lipinski definition) is 2. The lowest BCUT2D eigenvalue weighted by Gasteiger charge is -2.14. The molecule has 0 saturated carbocycles. The lowest BCUT2D eigenvalue weighted by atomic mass is 10.1. The molecule has 0 radical (unpaired) electrons. The molecule has 0 aliphatic heterocycles. The first kappa shape index (κ1) is 12.1. The van der Waals surface area contributed by atoms with Gasteiger partial charge in [0.1, 0.15) is 5.03 Å². The van der Waals surface area contributed by atoms with Crippen LogP contribution in [-0.4, -0.2) is 17.9 Å². The number of ether oxygens (including phenoxy) is 1. The van der Waals surface area contributed by atoms with Crippen LogP contribution in [0, 0.1) is 13.8 Å². The van der Waals surface area contributed by atoms with E-state index in [9.17, 15) is 0 Å². The molecular formula is C14H17NOS. The number of aryl methyl sites for hydroxylation is 2. The molecule has 17 heavy (non-hydrogen) atoms. The fourth-order valence-corrected chi connectivity index (χ4v) is 2.82. The third kappa shape index (κ3) is 2.07. The average molecular weight is 247 g/mol. The second-order valence-electron chi connectivity index (χ2n) is 4.00. The average Bonchev–Trinajstić information content (AvgIpc) is 2.71. The van der Waals surface area contributed by atoms with Gasteiger partial charge in [0.05, 0.1) is 12.8 Å². The van der Waals surface area contributed by atoms with E-state index in [0.717, 1.165) is 10.8 Å². The molecular weight excluding hydrogens is 230 g/mol. The number of hydrogen-bond donors (Lipinski definition) is 0. The predicted molar refractivity (Wildman–Crippen MR) is 73.6 cm³/mol. The minimum Gasteiger partial charge on any atom is -0.494 e. The number of benzene rings is 1. The molecule has 0 atom stereocenters. The largest absolute Gasteiger partial charge is 0.494 e. The molecule has 0 spiro atoms. The maximum atomic E-state index is 5.38. The van der Waals surface area contributed by atoms with Gasteiger partial charge < -0.3 is 9.30 Å². The van der Waals surface area contributed by atoms with Crippen molar-refractivity contribution in [2.24, 2.45) is 0 Å². The number of rotatable bonds is 3. The summed E-state index contributed by atoms with van der Waals surface area (Å²) in [7, 11) is 1.71. The van der Waals surface area contributed by atoms with E-state index in [4.69, 9.17) is 4.74 Å². The Labute approximate surface area is 107 Å². The smallest absolute Gasteiger partial charge is 0.150 e. The third-order valence-corrected chi connectivity index (χ3v) is 3.68. The monoisotopic (exact) mass is 247 g/mol. The van der Waals surface area contributed by atoms with Crippen molar-refractivity contribution in [2.75, 3.05) is 13.4 Å². The van der Waals surface area contributed by atoms with Crippen LogP contribution in [0.3, 0.4) is 0 Å². The lowest BCUT2D eigenvalue weighted by molar-refractivity contribution is 0.403. The minimum atomic E-state index is 0.931. The quantitative estimate of drug-likeness (QED) is 0.765. The Morgan fingerprint density at radius 3 is 2.29 bits per heavy atom. The zero-order valence-electron chi connectivity index (χ0n) is 10.7. The molecule has 0 saturated heterocycles. The Hall–Kier alpha value is -1.35. The topological polar surface area (TPSA) is 14.2 Å². The number of nitrogens with zero attached hydrogens (tertiary/aromatic N) is 1. The second kappa shape index (κ2) is 4.88. The van der Waals surface area contributed by atoms with Crippen LogP contribution < -0.4 is 4.74 Å². The van der Waals surface area contributed by atoms with Crippen LogP contribution in [0.15, 0.2) is 35.5 Å². The van der Waals surface area contributed by atoms with Crippen molar-refractivity contribution in [1.82, 2.24) is 4.57 Å². The van der Waals surface area contributed by atoms with Gasteiger partial charge in [-0.2, -0.15) is 0 Å². The molecule has 0 N–H and O–H groups in total. The summed E-state index contributed by atoms with van der Waals surface area (Å²) < 4.78 is 7.58. The Kier molecular flexibility index (Phi) is 3.48. The van der Waals surface area contributed by atoms with Crippen molar-refractivity contribution < 1.29 is 4.74 Å². The van der Waals surface area contributed by atoms with Gasteiger partial charge in [-0.15, -0.1) is 11.8 Å². The molecule has 0 amide bonds. The molecule has 0 unspecified atom stereocenters. The Morgan fingerprint density at radius 2 is 1.76 bits per heavy atom. The molecule has 1 heterocycles. The number of aromatic nitrogens is 1. The first-order chi connectivity index (χ1) is 8.19. The fourth-order valence-electron chi connectivity index (χ4n) is 2.12. The summed E-state index contributed by atoms with van der Waals surface area (Å²) in [4.78, 5) is 0. The summed E-state index contributed by atoms with van der Waals surface area (Å²) in [5, 5.41) is 1.14. The fraction of sp³-hybridized carbons (Fsp3) is 0.286.